The lowest BCUT2D eigenvalue weighted by Crippen LogP contribution is -2.61. The Morgan fingerprint density at radius 3 is 2.21 bits per heavy atom. The Balaban J connectivity index is 2.03. The first-order valence-electron chi connectivity index (χ1n) is 13.2. The van der Waals surface area contributed by atoms with Gasteiger partial charge in [0, 0.05) is 23.5 Å². The summed E-state index contributed by atoms with van der Waals surface area (Å²) < 4.78 is 5.48. The lowest BCUT2D eigenvalue weighted by atomic mass is 9.66. The second-order valence-corrected chi connectivity index (χ2v) is 12.7. The van der Waals surface area contributed by atoms with E-state index in [1.165, 1.54) is 0 Å². The Morgan fingerprint density at radius 1 is 1.13 bits per heavy atom. The molecule has 0 saturated carbocycles. The van der Waals surface area contributed by atoms with Gasteiger partial charge in [-0.25, -0.2) is 4.79 Å². The first-order valence-corrected chi connectivity index (χ1v) is 13.6. The normalized spacial score (nSPS) is 21.1. The van der Waals surface area contributed by atoms with Gasteiger partial charge in [-0.3, -0.25) is 9.59 Å². The number of aliphatic hydroxyl groups is 1. The molecular weight excluding hydrogens is 508 g/mol. The van der Waals surface area contributed by atoms with Gasteiger partial charge in [0.05, 0.1) is 12.1 Å². The molecule has 0 spiro atoms. The fraction of sp³-hybridized carbons (Fsp3) is 0.679. The molecule has 1 aromatic rings. The van der Waals surface area contributed by atoms with E-state index < -0.39 is 40.7 Å². The van der Waals surface area contributed by atoms with Gasteiger partial charge in [-0.05, 0) is 49.8 Å². The van der Waals surface area contributed by atoms with Crippen molar-refractivity contribution in [2.24, 2.45) is 23.0 Å². The molecule has 1 aliphatic heterocycles. The van der Waals surface area contributed by atoms with Crippen molar-refractivity contribution < 1.29 is 24.2 Å². The molecule has 3 unspecified atom stereocenters. The highest BCUT2D eigenvalue weighted by atomic mass is 35.5. The van der Waals surface area contributed by atoms with Gasteiger partial charge < -0.3 is 31.1 Å². The molecule has 1 saturated heterocycles. The first kappa shape index (κ1) is 31.9. The predicted molar refractivity (Wildman–Crippen MR) is 148 cm³/mol. The molecule has 3 atom stereocenters. The minimum absolute atomic E-state index is 0.0409. The number of nitrogens with two attached hydrogens (primary N) is 1. The van der Waals surface area contributed by atoms with Crippen LogP contribution < -0.4 is 16.4 Å². The van der Waals surface area contributed by atoms with Crippen LogP contribution in [0.1, 0.15) is 67.4 Å². The van der Waals surface area contributed by atoms with Crippen molar-refractivity contribution in [2.75, 3.05) is 19.6 Å². The Hall–Kier alpha value is -2.36. The number of hydrogen-bond acceptors (Lipinski definition) is 6. The quantitative estimate of drug-likeness (QED) is 0.347. The topological polar surface area (TPSA) is 134 Å². The zero-order valence-electron chi connectivity index (χ0n) is 23.9. The highest BCUT2D eigenvalue weighted by Gasteiger charge is 2.50. The summed E-state index contributed by atoms with van der Waals surface area (Å²) in [4.78, 5) is 40.2. The van der Waals surface area contributed by atoms with Crippen molar-refractivity contribution in [3.63, 3.8) is 0 Å². The number of rotatable bonds is 9. The number of hydrogen-bond donors (Lipinski definition) is 4. The molecule has 0 aromatic heterocycles. The van der Waals surface area contributed by atoms with E-state index in [0.717, 1.165) is 5.56 Å². The summed E-state index contributed by atoms with van der Waals surface area (Å²) in [6.45, 7) is 15.3. The number of piperidine rings is 1. The summed E-state index contributed by atoms with van der Waals surface area (Å²) in [6.07, 6.45) is 0.350. The van der Waals surface area contributed by atoms with E-state index in [-0.39, 0.29) is 24.3 Å². The highest BCUT2D eigenvalue weighted by molar-refractivity contribution is 6.30. The number of amides is 3. The number of esters is 1. The second kappa shape index (κ2) is 12.2. The first-order chi connectivity index (χ1) is 17.4. The van der Waals surface area contributed by atoms with Crippen LogP contribution in [0.2, 0.25) is 5.02 Å². The molecule has 1 fully saturated rings. The third-order valence-corrected chi connectivity index (χ3v) is 7.60. The van der Waals surface area contributed by atoms with Crippen LogP contribution in [-0.2, 0) is 19.9 Å². The van der Waals surface area contributed by atoms with Crippen LogP contribution in [0.4, 0.5) is 4.79 Å². The van der Waals surface area contributed by atoms with Crippen LogP contribution in [0.3, 0.4) is 0 Å². The van der Waals surface area contributed by atoms with Gasteiger partial charge >= 0.3 is 12.0 Å². The molecule has 2 rings (SSSR count). The van der Waals surface area contributed by atoms with Crippen LogP contribution in [0.5, 0.6) is 0 Å². The minimum Gasteiger partial charge on any atom is -0.457 e. The summed E-state index contributed by atoms with van der Waals surface area (Å²) in [5.74, 6) is -0.999. The SMILES string of the molecule is CC(C)C(N)C(=O)OC(C)(C)CNC(=O)NC(C(=O)N1CCC(O)(c2ccc(Cl)cc2)C(C)(C)C1)C(C)C. The number of nitrogens with zero attached hydrogens (tertiary/aromatic N) is 1. The molecule has 3 amide bonds. The van der Waals surface area contributed by atoms with E-state index in [2.05, 4.69) is 10.6 Å². The molecule has 1 aromatic carbocycles. The van der Waals surface area contributed by atoms with Gasteiger partial charge in [-0.15, -0.1) is 0 Å². The third-order valence-electron chi connectivity index (χ3n) is 7.34. The number of ether oxygens (including phenoxy) is 1. The zero-order valence-corrected chi connectivity index (χ0v) is 24.7. The molecule has 9 nitrogen and oxygen atoms in total. The van der Waals surface area contributed by atoms with E-state index in [0.29, 0.717) is 24.5 Å². The van der Waals surface area contributed by atoms with Crippen molar-refractivity contribution in [3.8, 4) is 0 Å². The molecular formula is C28H45ClN4O5. The molecule has 0 bridgehead atoms. The number of nitrogens with one attached hydrogen (secondary N) is 2. The summed E-state index contributed by atoms with van der Waals surface area (Å²) in [5, 5.41) is 17.7. The van der Waals surface area contributed by atoms with Crippen molar-refractivity contribution in [1.29, 1.82) is 0 Å². The Bertz CT molecular complexity index is 995. The van der Waals surface area contributed by atoms with Crippen molar-refractivity contribution in [1.82, 2.24) is 15.5 Å². The van der Waals surface area contributed by atoms with Crippen molar-refractivity contribution in [2.45, 2.75) is 85.1 Å². The molecule has 10 heteroatoms. The summed E-state index contributed by atoms with van der Waals surface area (Å²) in [7, 11) is 0. The highest BCUT2D eigenvalue weighted by Crippen LogP contribution is 2.46. The summed E-state index contributed by atoms with van der Waals surface area (Å²) in [5.41, 5.74) is 3.86. The number of carbonyl (C=O) groups excluding carboxylic acids is 3. The average molecular weight is 553 g/mol. The maximum atomic E-state index is 13.5. The number of benzene rings is 1. The molecule has 214 valence electrons. The smallest absolute Gasteiger partial charge is 0.323 e. The number of urea groups is 1. The molecule has 5 N–H and O–H groups in total. The fourth-order valence-corrected chi connectivity index (χ4v) is 4.74. The molecule has 1 heterocycles. The van der Waals surface area contributed by atoms with Gasteiger partial charge in [0.15, 0.2) is 0 Å². The standard InChI is InChI=1S/C28H45ClN4O5/c1-17(2)21(30)24(35)38-27(7,8)15-31-25(36)32-22(18(3)4)23(34)33-14-13-28(37,26(5,6)16-33)19-9-11-20(29)12-10-19/h9-12,17-18,21-22,37H,13-16,30H2,1-8H3,(H2,31,32,36). The summed E-state index contributed by atoms with van der Waals surface area (Å²) in [6, 6.07) is 5.08. The van der Waals surface area contributed by atoms with Crippen LogP contribution in [0, 0.1) is 17.3 Å². The van der Waals surface area contributed by atoms with Gasteiger partial charge in [-0.1, -0.05) is 65.3 Å². The summed E-state index contributed by atoms with van der Waals surface area (Å²) >= 11 is 6.03. The lowest BCUT2D eigenvalue weighted by molar-refractivity contribution is -0.158. The minimum atomic E-state index is -1.13. The van der Waals surface area contributed by atoms with Crippen molar-refractivity contribution >= 4 is 29.5 Å². The zero-order chi connectivity index (χ0) is 29.1. The molecule has 38 heavy (non-hydrogen) atoms. The fourth-order valence-electron chi connectivity index (χ4n) is 4.62. The Kier molecular flexibility index (Phi) is 10.2. The van der Waals surface area contributed by atoms with Crippen LogP contribution in [0.15, 0.2) is 24.3 Å². The average Bonchev–Trinajstić information content (AvgIpc) is 2.81. The largest absolute Gasteiger partial charge is 0.457 e. The van der Waals surface area contributed by atoms with E-state index in [1.54, 1.807) is 30.9 Å². The van der Waals surface area contributed by atoms with E-state index in [9.17, 15) is 19.5 Å². The maximum absolute atomic E-state index is 13.5. The van der Waals surface area contributed by atoms with E-state index in [1.807, 2.05) is 53.7 Å². The Labute approximate surface area is 231 Å². The molecule has 0 aliphatic carbocycles. The lowest BCUT2D eigenvalue weighted by Gasteiger charge is -2.51. The predicted octanol–water partition coefficient (Wildman–Crippen LogP) is 3.42. The van der Waals surface area contributed by atoms with Gasteiger partial charge in [0.1, 0.15) is 17.7 Å². The van der Waals surface area contributed by atoms with Crippen LogP contribution >= 0.6 is 11.6 Å². The maximum Gasteiger partial charge on any atom is 0.323 e. The van der Waals surface area contributed by atoms with E-state index in [4.69, 9.17) is 22.1 Å². The van der Waals surface area contributed by atoms with E-state index >= 15 is 0 Å². The Morgan fingerprint density at radius 2 is 1.71 bits per heavy atom. The second-order valence-electron chi connectivity index (χ2n) is 12.3. The number of likely N-dealkylation sites (tertiary alicyclic amines) is 1. The monoisotopic (exact) mass is 552 g/mol. The van der Waals surface area contributed by atoms with Gasteiger partial charge in [0.2, 0.25) is 5.91 Å². The van der Waals surface area contributed by atoms with Crippen LogP contribution in [-0.4, -0.2) is 65.2 Å². The number of carbonyl (C=O) groups is 3. The molecule has 1 aliphatic rings. The van der Waals surface area contributed by atoms with Gasteiger partial charge in [0.25, 0.3) is 0 Å². The van der Waals surface area contributed by atoms with Gasteiger partial charge in [-0.2, -0.15) is 0 Å². The molecule has 0 radical (unpaired) electrons. The third kappa shape index (κ3) is 7.61. The number of halogens is 1. The van der Waals surface area contributed by atoms with Crippen molar-refractivity contribution in [3.05, 3.63) is 34.9 Å². The van der Waals surface area contributed by atoms with Crippen LogP contribution in [0.25, 0.3) is 0 Å².